The van der Waals surface area contributed by atoms with E-state index in [1.807, 2.05) is 0 Å². The second-order valence-corrected chi connectivity index (χ2v) is 10.4. The molecule has 0 rings (SSSR count). The lowest BCUT2D eigenvalue weighted by molar-refractivity contribution is -0.152. The van der Waals surface area contributed by atoms with E-state index in [-0.39, 0.29) is 25.2 Å². The molecule has 212 valence electrons. The van der Waals surface area contributed by atoms with E-state index in [1.165, 1.54) is 116 Å². The summed E-state index contributed by atoms with van der Waals surface area (Å²) in [5, 5.41) is 0. The average molecular weight is 509 g/mol. The molecule has 4 nitrogen and oxygen atoms in total. The van der Waals surface area contributed by atoms with Crippen LogP contribution in [0.5, 0.6) is 0 Å². The number of unbranched alkanes of at least 4 members (excludes halogenated alkanes) is 19. The van der Waals surface area contributed by atoms with Crippen LogP contribution >= 0.6 is 0 Å². The normalized spacial score (nSPS) is 11.3. The van der Waals surface area contributed by atoms with Crippen molar-refractivity contribution < 1.29 is 19.1 Å². The highest BCUT2D eigenvalue weighted by atomic mass is 16.6. The Kier molecular flexibility index (Phi) is 28.8. The quantitative estimate of drug-likeness (QED) is 0.0599. The van der Waals surface area contributed by atoms with Crippen molar-refractivity contribution in [2.24, 2.45) is 0 Å². The van der Waals surface area contributed by atoms with Gasteiger partial charge in [0.2, 0.25) is 0 Å². The van der Waals surface area contributed by atoms with Gasteiger partial charge in [0, 0.05) is 12.8 Å². The molecule has 0 aliphatic carbocycles. The molecule has 0 fully saturated rings. The van der Waals surface area contributed by atoms with Crippen molar-refractivity contribution in [2.75, 3.05) is 13.2 Å². The molecule has 0 aromatic rings. The van der Waals surface area contributed by atoms with Gasteiger partial charge in [0.15, 0.2) is 0 Å². The van der Waals surface area contributed by atoms with Crippen molar-refractivity contribution in [2.45, 2.75) is 168 Å². The van der Waals surface area contributed by atoms with E-state index in [1.54, 1.807) is 0 Å². The predicted molar refractivity (Wildman–Crippen MR) is 153 cm³/mol. The van der Waals surface area contributed by atoms with Gasteiger partial charge in [-0.05, 0) is 32.1 Å². The number of carbonyl (C=O) groups is 2. The molecule has 0 aromatic carbocycles. The van der Waals surface area contributed by atoms with Gasteiger partial charge >= 0.3 is 11.9 Å². The van der Waals surface area contributed by atoms with Crippen molar-refractivity contribution in [3.63, 3.8) is 0 Å². The van der Waals surface area contributed by atoms with Gasteiger partial charge in [-0.2, -0.15) is 0 Å². The molecule has 0 unspecified atom stereocenters. The summed E-state index contributed by atoms with van der Waals surface area (Å²) in [6.45, 7) is 4.84. The summed E-state index contributed by atoms with van der Waals surface area (Å²) in [4.78, 5) is 23.6. The summed E-state index contributed by atoms with van der Waals surface area (Å²) in [7, 11) is 0. The second kappa shape index (κ2) is 29.9. The first-order chi connectivity index (χ1) is 17.7. The maximum Gasteiger partial charge on any atom is 0.305 e. The van der Waals surface area contributed by atoms with E-state index in [0.717, 1.165) is 25.7 Å². The molecule has 0 saturated heterocycles. The first kappa shape index (κ1) is 34.7. The smallest absolute Gasteiger partial charge is 0.305 e. The third-order valence-corrected chi connectivity index (χ3v) is 6.74. The van der Waals surface area contributed by atoms with Crippen molar-refractivity contribution in [3.05, 3.63) is 12.2 Å². The molecular formula is C32H60O4. The molecular weight excluding hydrogens is 448 g/mol. The van der Waals surface area contributed by atoms with E-state index in [9.17, 15) is 9.59 Å². The number of ether oxygens (including phenoxy) is 2. The van der Waals surface area contributed by atoms with Gasteiger partial charge in [-0.15, -0.1) is 0 Å². The fourth-order valence-electron chi connectivity index (χ4n) is 4.36. The molecule has 0 radical (unpaired) electrons. The SMILES string of the molecule is CCCC/C=C/CCCCCCCC(=O)OCCOC(=O)CCCCCCCCCCCCCCC. The van der Waals surface area contributed by atoms with Crippen LogP contribution in [-0.4, -0.2) is 25.2 Å². The fourth-order valence-corrected chi connectivity index (χ4v) is 4.36. The van der Waals surface area contributed by atoms with Crippen molar-refractivity contribution in [1.82, 2.24) is 0 Å². The van der Waals surface area contributed by atoms with Gasteiger partial charge in [0.25, 0.3) is 0 Å². The summed E-state index contributed by atoms with van der Waals surface area (Å²) in [6, 6.07) is 0. The Balaban J connectivity index is 3.30. The lowest BCUT2D eigenvalue weighted by Crippen LogP contribution is -2.13. The number of allylic oxidation sites excluding steroid dienone is 2. The Morgan fingerprint density at radius 3 is 1.19 bits per heavy atom. The first-order valence-corrected chi connectivity index (χ1v) is 15.7. The molecule has 0 bridgehead atoms. The van der Waals surface area contributed by atoms with Gasteiger partial charge in [-0.25, -0.2) is 0 Å². The summed E-state index contributed by atoms with van der Waals surface area (Å²) in [5.74, 6) is -0.351. The summed E-state index contributed by atoms with van der Waals surface area (Å²) < 4.78 is 10.4. The molecule has 0 N–H and O–H groups in total. The Bertz CT molecular complexity index is 500. The fraction of sp³-hybridized carbons (Fsp3) is 0.875. The van der Waals surface area contributed by atoms with Crippen LogP contribution in [0.3, 0.4) is 0 Å². The number of hydrogen-bond donors (Lipinski definition) is 0. The Morgan fingerprint density at radius 1 is 0.444 bits per heavy atom. The van der Waals surface area contributed by atoms with E-state index < -0.39 is 0 Å². The van der Waals surface area contributed by atoms with Crippen LogP contribution in [0.15, 0.2) is 12.2 Å². The van der Waals surface area contributed by atoms with Crippen LogP contribution in [0.1, 0.15) is 168 Å². The molecule has 0 aliphatic rings. The molecule has 36 heavy (non-hydrogen) atoms. The molecule has 4 heteroatoms. The van der Waals surface area contributed by atoms with E-state index in [2.05, 4.69) is 26.0 Å². The highest BCUT2D eigenvalue weighted by molar-refractivity contribution is 5.70. The van der Waals surface area contributed by atoms with Crippen LogP contribution < -0.4 is 0 Å². The lowest BCUT2D eigenvalue weighted by Gasteiger charge is -2.07. The maximum atomic E-state index is 11.8. The minimum absolute atomic E-state index is 0.172. The molecule has 0 aliphatic heterocycles. The molecule has 0 saturated carbocycles. The Hall–Kier alpha value is -1.32. The van der Waals surface area contributed by atoms with E-state index in [4.69, 9.17) is 9.47 Å². The molecule has 0 heterocycles. The van der Waals surface area contributed by atoms with Crippen LogP contribution in [0.2, 0.25) is 0 Å². The average Bonchev–Trinajstić information content (AvgIpc) is 2.88. The number of hydrogen-bond acceptors (Lipinski definition) is 4. The van der Waals surface area contributed by atoms with Gasteiger partial charge < -0.3 is 9.47 Å². The third kappa shape index (κ3) is 28.9. The second-order valence-electron chi connectivity index (χ2n) is 10.4. The van der Waals surface area contributed by atoms with Crippen LogP contribution in [0, 0.1) is 0 Å². The topological polar surface area (TPSA) is 52.6 Å². The molecule has 0 aromatic heterocycles. The zero-order chi connectivity index (χ0) is 26.4. The maximum absolute atomic E-state index is 11.8. The highest BCUT2D eigenvalue weighted by Crippen LogP contribution is 2.13. The van der Waals surface area contributed by atoms with Gasteiger partial charge in [-0.3, -0.25) is 9.59 Å². The number of carbonyl (C=O) groups excluding carboxylic acids is 2. The van der Waals surface area contributed by atoms with E-state index in [0.29, 0.717) is 12.8 Å². The lowest BCUT2D eigenvalue weighted by atomic mass is 10.0. The van der Waals surface area contributed by atoms with Crippen molar-refractivity contribution >= 4 is 11.9 Å². The molecule has 0 amide bonds. The summed E-state index contributed by atoms with van der Waals surface area (Å²) in [5.41, 5.74) is 0. The zero-order valence-electron chi connectivity index (χ0n) is 24.2. The van der Waals surface area contributed by atoms with Crippen LogP contribution in [0.25, 0.3) is 0 Å². The Morgan fingerprint density at radius 2 is 0.778 bits per heavy atom. The van der Waals surface area contributed by atoms with Gasteiger partial charge in [0.1, 0.15) is 13.2 Å². The van der Waals surface area contributed by atoms with Crippen molar-refractivity contribution in [3.8, 4) is 0 Å². The minimum atomic E-state index is -0.179. The summed E-state index contributed by atoms with van der Waals surface area (Å²) >= 11 is 0. The number of rotatable bonds is 28. The zero-order valence-corrected chi connectivity index (χ0v) is 24.2. The van der Waals surface area contributed by atoms with Crippen molar-refractivity contribution in [1.29, 1.82) is 0 Å². The van der Waals surface area contributed by atoms with Crippen LogP contribution in [0.4, 0.5) is 0 Å². The predicted octanol–water partition coefficient (Wildman–Crippen LogP) is 10.0. The molecule has 0 atom stereocenters. The highest BCUT2D eigenvalue weighted by Gasteiger charge is 2.05. The van der Waals surface area contributed by atoms with Gasteiger partial charge in [-0.1, -0.05) is 135 Å². The largest absolute Gasteiger partial charge is 0.462 e. The standard InChI is InChI=1S/C32H60O4/c1-3-5-7-9-11-13-15-16-18-20-22-24-26-28-32(34)36-30-29-35-31(33)27-25-23-21-19-17-14-12-10-8-6-4-2/h10,12H,3-9,11,13-30H2,1-2H3/b12-10+. The van der Waals surface area contributed by atoms with Crippen LogP contribution in [-0.2, 0) is 19.1 Å². The first-order valence-electron chi connectivity index (χ1n) is 15.7. The number of esters is 2. The summed E-state index contributed by atoms with van der Waals surface area (Å²) in [6.07, 6.45) is 32.9. The minimum Gasteiger partial charge on any atom is -0.462 e. The third-order valence-electron chi connectivity index (χ3n) is 6.74. The Labute approximate surface area is 224 Å². The van der Waals surface area contributed by atoms with E-state index >= 15 is 0 Å². The molecule has 0 spiro atoms. The monoisotopic (exact) mass is 508 g/mol. The van der Waals surface area contributed by atoms with Gasteiger partial charge in [0.05, 0.1) is 0 Å².